The zero-order valence-corrected chi connectivity index (χ0v) is 19.5. The number of rotatable bonds is 5. The summed E-state index contributed by atoms with van der Waals surface area (Å²) in [5, 5.41) is 5.11. The highest BCUT2D eigenvalue weighted by Gasteiger charge is 2.29. The number of carbonyl (C=O) groups excluding carboxylic acids is 2. The van der Waals surface area contributed by atoms with E-state index in [2.05, 4.69) is 10.6 Å². The number of thioether (sulfide) groups is 1. The van der Waals surface area contributed by atoms with Crippen molar-refractivity contribution in [3.05, 3.63) is 58.1 Å². The number of hydrogen-bond acceptors (Lipinski definition) is 7. The second-order valence-corrected chi connectivity index (χ2v) is 10.9. The second kappa shape index (κ2) is 9.12. The molecule has 0 spiro atoms. The van der Waals surface area contributed by atoms with Crippen molar-refractivity contribution in [1.29, 1.82) is 0 Å². The van der Waals surface area contributed by atoms with Crippen molar-refractivity contribution in [2.75, 3.05) is 29.3 Å². The molecule has 2 aromatic rings. The molecule has 2 aromatic carbocycles. The van der Waals surface area contributed by atoms with Crippen LogP contribution in [-0.4, -0.2) is 38.8 Å². The molecule has 174 valence electrons. The van der Waals surface area contributed by atoms with Gasteiger partial charge in [0.15, 0.2) is 6.73 Å². The maximum atomic E-state index is 14.1. The van der Waals surface area contributed by atoms with Crippen LogP contribution in [0.1, 0.15) is 16.8 Å². The lowest BCUT2D eigenvalue weighted by atomic mass is 10.1. The molecule has 0 bridgehead atoms. The van der Waals surface area contributed by atoms with Gasteiger partial charge in [-0.15, -0.1) is 11.6 Å². The molecule has 0 radical (unpaired) electrons. The number of ether oxygens (including phenoxy) is 1. The Morgan fingerprint density at radius 1 is 1.27 bits per heavy atom. The molecule has 0 saturated heterocycles. The molecule has 1 unspecified atom stereocenters. The molecule has 4 rings (SSSR count). The fourth-order valence-electron chi connectivity index (χ4n) is 3.20. The van der Waals surface area contributed by atoms with Gasteiger partial charge >= 0.3 is 6.03 Å². The van der Waals surface area contributed by atoms with Crippen molar-refractivity contribution in [2.45, 2.75) is 11.1 Å². The van der Waals surface area contributed by atoms with Gasteiger partial charge in [0.25, 0.3) is 15.9 Å². The normalized spacial score (nSPS) is 17.7. The third-order valence-corrected chi connectivity index (χ3v) is 8.20. The standard InChI is InChI=1S/C20H18ClFN4O5S2/c1-23-15-9-16-13(8-14(15)22)19(27)26(10-31-16)12-4-2-11(3-5-12)24-20(28)25-33(29,30)18-7-6-17(21)32-18/h2-5,7-9,17,23H,6,10H2,1H3,(H2,24,25,28). The number of allylic oxidation sites excluding steroid dienone is 1. The predicted octanol–water partition coefficient (Wildman–Crippen LogP) is 3.86. The van der Waals surface area contributed by atoms with Gasteiger partial charge in [-0.05, 0) is 36.8 Å². The zero-order valence-electron chi connectivity index (χ0n) is 17.1. The van der Waals surface area contributed by atoms with Gasteiger partial charge in [-0.3, -0.25) is 9.69 Å². The molecule has 9 nitrogen and oxygen atoms in total. The van der Waals surface area contributed by atoms with E-state index < -0.39 is 27.8 Å². The van der Waals surface area contributed by atoms with Crippen LogP contribution >= 0.6 is 23.4 Å². The summed E-state index contributed by atoms with van der Waals surface area (Å²) in [7, 11) is -2.45. The predicted molar refractivity (Wildman–Crippen MR) is 126 cm³/mol. The van der Waals surface area contributed by atoms with E-state index in [1.165, 1.54) is 29.2 Å². The zero-order chi connectivity index (χ0) is 23.8. The lowest BCUT2D eigenvalue weighted by Crippen LogP contribution is -2.38. The van der Waals surface area contributed by atoms with Crippen LogP contribution in [0.15, 0.2) is 46.7 Å². The van der Waals surface area contributed by atoms with Crippen LogP contribution in [0, 0.1) is 5.82 Å². The number of nitrogens with one attached hydrogen (secondary N) is 3. The number of nitrogens with zero attached hydrogens (tertiary/aromatic N) is 1. The Bertz CT molecular complexity index is 1250. The number of fused-ring (bicyclic) bond motifs is 1. The highest BCUT2D eigenvalue weighted by atomic mass is 35.5. The number of sulfonamides is 1. The van der Waals surface area contributed by atoms with Gasteiger partial charge in [0.2, 0.25) is 0 Å². The van der Waals surface area contributed by atoms with Gasteiger partial charge in [-0.1, -0.05) is 17.8 Å². The summed E-state index contributed by atoms with van der Waals surface area (Å²) in [6.07, 6.45) is 1.84. The van der Waals surface area contributed by atoms with Crippen LogP contribution in [0.2, 0.25) is 0 Å². The fraction of sp³-hybridized carbons (Fsp3) is 0.200. The molecule has 13 heteroatoms. The highest BCUT2D eigenvalue weighted by Crippen LogP contribution is 2.37. The van der Waals surface area contributed by atoms with E-state index in [1.54, 1.807) is 19.2 Å². The molecule has 0 fully saturated rings. The van der Waals surface area contributed by atoms with Crippen molar-refractivity contribution >= 4 is 62.4 Å². The smallest absolute Gasteiger partial charge is 0.333 e. The molecule has 3 N–H and O–H groups in total. The maximum absolute atomic E-state index is 14.1. The summed E-state index contributed by atoms with van der Waals surface area (Å²) in [6, 6.07) is 7.67. The molecule has 3 amide bonds. The van der Waals surface area contributed by atoms with E-state index in [1.807, 2.05) is 4.72 Å². The third-order valence-electron chi connectivity index (χ3n) is 4.81. The Morgan fingerprint density at radius 3 is 2.64 bits per heavy atom. The highest BCUT2D eigenvalue weighted by molar-refractivity contribution is 8.19. The van der Waals surface area contributed by atoms with Crippen molar-refractivity contribution in [2.24, 2.45) is 0 Å². The molecule has 0 aliphatic carbocycles. The van der Waals surface area contributed by atoms with E-state index in [0.29, 0.717) is 17.8 Å². The first kappa shape index (κ1) is 23.2. The van der Waals surface area contributed by atoms with Crippen LogP contribution in [-0.2, 0) is 10.0 Å². The minimum absolute atomic E-state index is 0.00448. The van der Waals surface area contributed by atoms with Gasteiger partial charge in [0, 0.05) is 24.5 Å². The summed E-state index contributed by atoms with van der Waals surface area (Å²) >= 11 is 6.83. The number of hydrogen-bond donors (Lipinski definition) is 3. The largest absolute Gasteiger partial charge is 0.472 e. The Hall–Kier alpha value is -2.96. The monoisotopic (exact) mass is 512 g/mol. The van der Waals surface area contributed by atoms with Crippen molar-refractivity contribution in [3.8, 4) is 5.75 Å². The van der Waals surface area contributed by atoms with Gasteiger partial charge in [0.1, 0.15) is 15.8 Å². The molecular weight excluding hydrogens is 495 g/mol. The van der Waals surface area contributed by atoms with E-state index in [4.69, 9.17) is 16.3 Å². The first-order valence-electron chi connectivity index (χ1n) is 9.58. The first-order valence-corrected chi connectivity index (χ1v) is 12.4. The Labute approximate surface area is 198 Å². The van der Waals surface area contributed by atoms with E-state index >= 15 is 0 Å². The number of halogens is 2. The van der Waals surface area contributed by atoms with Crippen LogP contribution < -0.4 is 25.0 Å². The summed E-state index contributed by atoms with van der Waals surface area (Å²) in [6.45, 7) is -0.0829. The fourth-order valence-corrected chi connectivity index (χ4v) is 6.06. The van der Waals surface area contributed by atoms with Gasteiger partial charge in [0.05, 0.1) is 16.0 Å². The minimum atomic E-state index is -4.01. The minimum Gasteiger partial charge on any atom is -0.472 e. The summed E-state index contributed by atoms with van der Waals surface area (Å²) in [4.78, 5) is 26.3. The Balaban J connectivity index is 1.43. The molecule has 33 heavy (non-hydrogen) atoms. The SMILES string of the molecule is CNc1cc2c(cc1F)C(=O)N(c1ccc(NC(=O)NS(=O)(=O)C3=CCC(Cl)S3)cc1)CO2. The number of amides is 3. The number of benzene rings is 2. The third kappa shape index (κ3) is 4.87. The van der Waals surface area contributed by atoms with Gasteiger partial charge in [-0.25, -0.2) is 22.3 Å². The molecule has 0 saturated carbocycles. The quantitative estimate of drug-likeness (QED) is 0.521. The molecule has 2 heterocycles. The number of urea groups is 1. The number of carbonyl (C=O) groups is 2. The topological polar surface area (TPSA) is 117 Å². The van der Waals surface area contributed by atoms with Gasteiger partial charge in [-0.2, -0.15) is 0 Å². The van der Waals surface area contributed by atoms with Crippen molar-refractivity contribution < 1.29 is 27.1 Å². The molecule has 1 atom stereocenters. The van der Waals surface area contributed by atoms with Crippen LogP contribution in [0.5, 0.6) is 5.75 Å². The van der Waals surface area contributed by atoms with E-state index in [0.717, 1.165) is 17.8 Å². The summed E-state index contributed by atoms with van der Waals surface area (Å²) in [5.74, 6) is -0.750. The van der Waals surface area contributed by atoms with E-state index in [-0.39, 0.29) is 32.7 Å². The summed E-state index contributed by atoms with van der Waals surface area (Å²) < 4.78 is 45.7. The van der Waals surface area contributed by atoms with Crippen LogP contribution in [0.4, 0.5) is 26.2 Å². The van der Waals surface area contributed by atoms with Gasteiger partial charge < -0.3 is 15.4 Å². The molecule has 2 aliphatic heterocycles. The summed E-state index contributed by atoms with van der Waals surface area (Å²) in [5.41, 5.74) is 1.05. The second-order valence-electron chi connectivity index (χ2n) is 6.98. The first-order chi connectivity index (χ1) is 15.7. The van der Waals surface area contributed by atoms with Crippen LogP contribution in [0.25, 0.3) is 0 Å². The van der Waals surface area contributed by atoms with E-state index in [9.17, 15) is 22.4 Å². The Kier molecular flexibility index (Phi) is 6.41. The van der Waals surface area contributed by atoms with Crippen molar-refractivity contribution in [1.82, 2.24) is 4.72 Å². The number of alkyl halides is 1. The van der Waals surface area contributed by atoms with Crippen molar-refractivity contribution in [3.63, 3.8) is 0 Å². The molecule has 2 aliphatic rings. The van der Waals surface area contributed by atoms with Crippen LogP contribution in [0.3, 0.4) is 0 Å². The molecular formula is C20H18ClFN4O5S2. The Morgan fingerprint density at radius 2 is 2.00 bits per heavy atom. The average Bonchev–Trinajstić information content (AvgIpc) is 3.22. The average molecular weight is 513 g/mol. The lowest BCUT2D eigenvalue weighted by Gasteiger charge is -2.29. The molecule has 0 aromatic heterocycles. The lowest BCUT2D eigenvalue weighted by molar-refractivity contribution is 0.0936. The number of anilines is 3. The maximum Gasteiger partial charge on any atom is 0.333 e.